The van der Waals surface area contributed by atoms with Gasteiger partial charge < -0.3 is 20.7 Å². The van der Waals surface area contributed by atoms with Gasteiger partial charge in [-0.2, -0.15) is 4.98 Å². The van der Waals surface area contributed by atoms with Gasteiger partial charge in [0.05, 0.1) is 0 Å². The Bertz CT molecular complexity index is 961. The molecule has 1 atom stereocenters. The minimum Gasteiger partial charge on any atom is -0.481 e. The Kier molecular flexibility index (Phi) is 7.21. The van der Waals surface area contributed by atoms with Crippen LogP contribution in [0.3, 0.4) is 0 Å². The van der Waals surface area contributed by atoms with Crippen LogP contribution in [0.25, 0.3) is 0 Å². The third kappa shape index (κ3) is 6.48. The van der Waals surface area contributed by atoms with Crippen LogP contribution in [0.5, 0.6) is 5.75 Å². The van der Waals surface area contributed by atoms with E-state index in [4.69, 9.17) is 4.74 Å². The van der Waals surface area contributed by atoms with Crippen molar-refractivity contribution in [1.82, 2.24) is 15.3 Å². The van der Waals surface area contributed by atoms with Gasteiger partial charge in [0.25, 0.3) is 5.91 Å². The highest BCUT2D eigenvalue weighted by molar-refractivity contribution is 5.80. The number of para-hydroxylation sites is 1. The largest absolute Gasteiger partial charge is 0.481 e. The highest BCUT2D eigenvalue weighted by Crippen LogP contribution is 2.17. The molecule has 0 saturated carbocycles. The van der Waals surface area contributed by atoms with Crippen molar-refractivity contribution < 1.29 is 9.53 Å². The monoisotopic (exact) mass is 405 g/mol. The normalized spacial score (nSPS) is 11.4. The van der Waals surface area contributed by atoms with Gasteiger partial charge >= 0.3 is 0 Å². The second-order valence-electron chi connectivity index (χ2n) is 7.00. The number of ether oxygens (including phenoxy) is 1. The lowest BCUT2D eigenvalue weighted by Gasteiger charge is -2.15. The maximum atomic E-state index is 12.2. The van der Waals surface area contributed by atoms with Crippen molar-refractivity contribution in [2.75, 3.05) is 23.7 Å². The molecule has 1 amide bonds. The van der Waals surface area contributed by atoms with Crippen LogP contribution in [0.15, 0.2) is 60.7 Å². The van der Waals surface area contributed by atoms with Crippen molar-refractivity contribution in [3.8, 4) is 5.75 Å². The van der Waals surface area contributed by atoms with Crippen molar-refractivity contribution in [1.29, 1.82) is 0 Å². The van der Waals surface area contributed by atoms with Gasteiger partial charge in [0.1, 0.15) is 11.6 Å². The van der Waals surface area contributed by atoms with Gasteiger partial charge in [0.2, 0.25) is 5.95 Å². The number of rotatable bonds is 9. The molecule has 30 heavy (non-hydrogen) atoms. The maximum absolute atomic E-state index is 12.2. The second kappa shape index (κ2) is 10.2. The molecule has 7 nitrogen and oxygen atoms in total. The molecule has 0 aliphatic rings. The van der Waals surface area contributed by atoms with E-state index in [0.717, 1.165) is 11.4 Å². The Labute approximate surface area is 176 Å². The van der Waals surface area contributed by atoms with Crippen molar-refractivity contribution in [3.63, 3.8) is 0 Å². The van der Waals surface area contributed by atoms with E-state index in [9.17, 15) is 4.79 Å². The molecule has 0 bridgehead atoms. The van der Waals surface area contributed by atoms with Crippen molar-refractivity contribution in [2.45, 2.75) is 26.9 Å². The van der Waals surface area contributed by atoms with E-state index < -0.39 is 6.10 Å². The van der Waals surface area contributed by atoms with Gasteiger partial charge in [0.15, 0.2) is 6.10 Å². The Morgan fingerprint density at radius 3 is 2.47 bits per heavy atom. The smallest absolute Gasteiger partial charge is 0.260 e. The quantitative estimate of drug-likeness (QED) is 0.469. The number of nitrogens with one attached hydrogen (secondary N) is 3. The summed E-state index contributed by atoms with van der Waals surface area (Å²) in [6, 6.07) is 19.3. The van der Waals surface area contributed by atoms with Crippen LogP contribution in [0.1, 0.15) is 18.2 Å². The lowest BCUT2D eigenvalue weighted by molar-refractivity contribution is -0.127. The average Bonchev–Trinajstić information content (AvgIpc) is 2.73. The molecule has 0 saturated heterocycles. The molecule has 1 unspecified atom stereocenters. The number of aryl methyl sites for hydroxylation is 2. The molecule has 0 spiro atoms. The highest BCUT2D eigenvalue weighted by atomic mass is 16.5. The van der Waals surface area contributed by atoms with Crippen molar-refractivity contribution in [3.05, 3.63) is 71.9 Å². The summed E-state index contributed by atoms with van der Waals surface area (Å²) in [4.78, 5) is 21.1. The van der Waals surface area contributed by atoms with Gasteiger partial charge in [-0.1, -0.05) is 35.9 Å². The fraction of sp³-hybridized carbons (Fsp3) is 0.261. The number of nitrogens with zero attached hydrogens (tertiary/aromatic N) is 2. The molecule has 0 aliphatic carbocycles. The van der Waals surface area contributed by atoms with Gasteiger partial charge in [-0.15, -0.1) is 0 Å². The zero-order valence-electron chi connectivity index (χ0n) is 17.5. The minimum absolute atomic E-state index is 0.174. The number of anilines is 3. The predicted octanol–water partition coefficient (Wildman–Crippen LogP) is 3.83. The summed E-state index contributed by atoms with van der Waals surface area (Å²) >= 11 is 0. The van der Waals surface area contributed by atoms with E-state index in [2.05, 4.69) is 25.9 Å². The molecule has 3 rings (SSSR count). The maximum Gasteiger partial charge on any atom is 0.260 e. The first-order chi connectivity index (χ1) is 14.5. The van der Waals surface area contributed by atoms with Gasteiger partial charge in [-0.25, -0.2) is 4.98 Å². The van der Waals surface area contributed by atoms with E-state index in [-0.39, 0.29) is 5.91 Å². The first kappa shape index (κ1) is 21.1. The average molecular weight is 406 g/mol. The summed E-state index contributed by atoms with van der Waals surface area (Å²) in [5, 5.41) is 9.28. The van der Waals surface area contributed by atoms with E-state index in [1.54, 1.807) is 6.92 Å². The van der Waals surface area contributed by atoms with Gasteiger partial charge in [-0.3, -0.25) is 4.79 Å². The third-order valence-corrected chi connectivity index (χ3v) is 4.31. The van der Waals surface area contributed by atoms with E-state index >= 15 is 0 Å². The molecule has 156 valence electrons. The van der Waals surface area contributed by atoms with Crippen LogP contribution in [0, 0.1) is 13.8 Å². The number of amides is 1. The van der Waals surface area contributed by atoms with Gasteiger partial charge in [0, 0.05) is 30.5 Å². The first-order valence-corrected chi connectivity index (χ1v) is 9.92. The SMILES string of the molecule is Cc1ccc(Nc2cc(C)nc(NCCNC(=O)C(C)Oc3ccccc3)n2)cc1. The molecule has 0 aliphatic heterocycles. The number of benzene rings is 2. The molecule has 0 radical (unpaired) electrons. The number of carbonyl (C=O) groups excluding carboxylic acids is 1. The zero-order valence-corrected chi connectivity index (χ0v) is 17.5. The molecule has 1 heterocycles. The molecule has 7 heteroatoms. The Morgan fingerprint density at radius 2 is 1.73 bits per heavy atom. The van der Waals surface area contributed by atoms with Crippen LogP contribution in [-0.4, -0.2) is 35.1 Å². The van der Waals surface area contributed by atoms with E-state index in [0.29, 0.717) is 30.6 Å². The Morgan fingerprint density at radius 1 is 1.00 bits per heavy atom. The lowest BCUT2D eigenvalue weighted by atomic mass is 10.2. The van der Waals surface area contributed by atoms with Crippen LogP contribution in [0.4, 0.5) is 17.5 Å². The zero-order chi connectivity index (χ0) is 21.3. The fourth-order valence-corrected chi connectivity index (χ4v) is 2.76. The van der Waals surface area contributed by atoms with Crippen molar-refractivity contribution >= 4 is 23.4 Å². The van der Waals surface area contributed by atoms with Crippen LogP contribution in [0.2, 0.25) is 0 Å². The lowest BCUT2D eigenvalue weighted by Crippen LogP contribution is -2.38. The minimum atomic E-state index is -0.576. The molecule has 3 N–H and O–H groups in total. The summed E-state index contributed by atoms with van der Waals surface area (Å²) < 4.78 is 5.62. The molecule has 1 aromatic heterocycles. The standard InChI is InChI=1S/C23H27N5O2/c1-16-9-11-19(12-10-16)27-21-15-17(2)26-23(28-21)25-14-13-24-22(29)18(3)30-20-7-5-4-6-8-20/h4-12,15,18H,13-14H2,1-3H3,(H,24,29)(H2,25,26,27,28). The predicted molar refractivity (Wildman–Crippen MR) is 119 cm³/mol. The molecule has 2 aromatic carbocycles. The van der Waals surface area contributed by atoms with Crippen LogP contribution < -0.4 is 20.7 Å². The summed E-state index contributed by atoms with van der Waals surface area (Å²) in [7, 11) is 0. The fourth-order valence-electron chi connectivity index (χ4n) is 2.76. The summed E-state index contributed by atoms with van der Waals surface area (Å²) in [6.07, 6.45) is -0.576. The molecular formula is C23H27N5O2. The first-order valence-electron chi connectivity index (χ1n) is 9.92. The highest BCUT2D eigenvalue weighted by Gasteiger charge is 2.13. The summed E-state index contributed by atoms with van der Waals surface area (Å²) in [6.45, 7) is 6.62. The number of hydrogen-bond donors (Lipinski definition) is 3. The Balaban J connectivity index is 1.46. The number of carbonyl (C=O) groups is 1. The van der Waals surface area contributed by atoms with Gasteiger partial charge in [-0.05, 0) is 45.0 Å². The molecular weight excluding hydrogens is 378 g/mol. The second-order valence-corrected chi connectivity index (χ2v) is 7.00. The summed E-state index contributed by atoms with van der Waals surface area (Å²) in [5.74, 6) is 1.71. The molecule has 3 aromatic rings. The summed E-state index contributed by atoms with van der Waals surface area (Å²) in [5.41, 5.74) is 3.01. The number of hydrogen-bond acceptors (Lipinski definition) is 6. The van der Waals surface area contributed by atoms with Crippen LogP contribution in [-0.2, 0) is 4.79 Å². The Hall–Kier alpha value is -3.61. The number of aromatic nitrogens is 2. The third-order valence-electron chi connectivity index (χ3n) is 4.31. The molecule has 0 fully saturated rings. The van der Waals surface area contributed by atoms with Crippen molar-refractivity contribution in [2.24, 2.45) is 0 Å². The van der Waals surface area contributed by atoms with Crippen LogP contribution >= 0.6 is 0 Å². The van der Waals surface area contributed by atoms with E-state index in [1.807, 2.05) is 74.5 Å². The van der Waals surface area contributed by atoms with E-state index in [1.165, 1.54) is 5.56 Å². The topological polar surface area (TPSA) is 88.2 Å².